The predicted octanol–water partition coefficient (Wildman–Crippen LogP) is 4.39. The largest absolute Gasteiger partial charge is 0.491 e. The highest BCUT2D eigenvalue weighted by Gasteiger charge is 2.28. The lowest BCUT2D eigenvalue weighted by atomic mass is 9.98. The van der Waals surface area contributed by atoms with Gasteiger partial charge in [-0.3, -0.25) is 0 Å². The lowest BCUT2D eigenvalue weighted by molar-refractivity contribution is 0.243. The summed E-state index contributed by atoms with van der Waals surface area (Å²) in [7, 11) is -1.57. The lowest BCUT2D eigenvalue weighted by Gasteiger charge is -2.12. The Bertz CT molecular complexity index is 1130. The molecule has 1 aromatic heterocycles. The van der Waals surface area contributed by atoms with Gasteiger partial charge in [-0.25, -0.2) is 12.4 Å². The third-order valence-electron chi connectivity index (χ3n) is 5.55. The Morgan fingerprint density at radius 3 is 2.45 bits per heavy atom. The Morgan fingerprint density at radius 1 is 1.10 bits per heavy atom. The first-order valence-corrected chi connectivity index (χ1v) is 11.5. The van der Waals surface area contributed by atoms with Gasteiger partial charge in [-0.15, -0.1) is 0 Å². The van der Waals surface area contributed by atoms with Gasteiger partial charge in [0.2, 0.25) is 0 Å². The maximum absolute atomic E-state index is 13.4. The summed E-state index contributed by atoms with van der Waals surface area (Å²) in [6, 6.07) is 12.7. The van der Waals surface area contributed by atoms with Crippen molar-refractivity contribution in [1.29, 1.82) is 0 Å². The number of fused-ring (bicyclic) bond motifs is 1. The zero-order valence-electron chi connectivity index (χ0n) is 17.4. The first-order valence-electron chi connectivity index (χ1n) is 10.1. The summed E-state index contributed by atoms with van der Waals surface area (Å²) in [6.45, 7) is 7.88. The molecule has 154 valence electrons. The molecule has 29 heavy (non-hydrogen) atoms. The summed E-state index contributed by atoms with van der Waals surface area (Å²) in [5.41, 5.74) is 2.81. The third-order valence-corrected chi connectivity index (χ3v) is 7.24. The molecule has 0 saturated carbocycles. The number of hydrogen-bond donors (Lipinski definition) is 0. The molecule has 3 aromatic rings. The van der Waals surface area contributed by atoms with E-state index in [1.807, 2.05) is 57.3 Å². The van der Waals surface area contributed by atoms with Gasteiger partial charge in [-0.05, 0) is 82.6 Å². The molecule has 1 aliphatic rings. The van der Waals surface area contributed by atoms with Gasteiger partial charge in [0.25, 0.3) is 10.0 Å². The highest BCUT2D eigenvalue weighted by atomic mass is 32.2. The molecule has 2 aromatic carbocycles. The van der Waals surface area contributed by atoms with Crippen molar-refractivity contribution >= 4 is 20.9 Å². The zero-order chi connectivity index (χ0) is 20.8. The van der Waals surface area contributed by atoms with E-state index in [2.05, 4.69) is 11.9 Å². The second kappa shape index (κ2) is 7.50. The van der Waals surface area contributed by atoms with E-state index in [1.165, 1.54) is 3.97 Å². The van der Waals surface area contributed by atoms with Crippen molar-refractivity contribution in [2.45, 2.75) is 44.1 Å². The van der Waals surface area contributed by atoms with Crippen LogP contribution in [0.4, 0.5) is 0 Å². The maximum atomic E-state index is 13.4. The number of likely N-dealkylation sites (tertiary alicyclic amines) is 1. The molecule has 1 atom stereocenters. The van der Waals surface area contributed by atoms with Crippen LogP contribution in [0.25, 0.3) is 10.9 Å². The van der Waals surface area contributed by atoms with Crippen LogP contribution >= 0.6 is 0 Å². The summed E-state index contributed by atoms with van der Waals surface area (Å²) in [4.78, 5) is 2.59. The first-order chi connectivity index (χ1) is 13.8. The molecule has 0 N–H and O–H groups in total. The van der Waals surface area contributed by atoms with E-state index in [1.54, 1.807) is 12.1 Å². The Morgan fingerprint density at radius 2 is 1.83 bits per heavy atom. The van der Waals surface area contributed by atoms with Crippen LogP contribution < -0.4 is 4.74 Å². The van der Waals surface area contributed by atoms with Crippen molar-refractivity contribution in [2.75, 3.05) is 20.1 Å². The van der Waals surface area contributed by atoms with Crippen LogP contribution in [0.3, 0.4) is 0 Å². The van der Waals surface area contributed by atoms with Gasteiger partial charge in [-0.2, -0.15) is 0 Å². The van der Waals surface area contributed by atoms with Crippen LogP contribution in [-0.2, 0) is 10.0 Å². The lowest BCUT2D eigenvalue weighted by Crippen LogP contribution is -2.13. The van der Waals surface area contributed by atoms with E-state index in [0.717, 1.165) is 41.8 Å². The molecular weight excluding hydrogens is 384 g/mol. The molecule has 1 fully saturated rings. The molecule has 4 rings (SSSR count). The molecule has 0 amide bonds. The average Bonchev–Trinajstić information content (AvgIpc) is 3.25. The SMILES string of the molecule is Cc1ccc(S(=O)(=O)n2cc([C@H]3CCN(C)C3)c3cc(OC(C)C)ccc32)cc1. The molecule has 2 heterocycles. The molecule has 1 saturated heterocycles. The normalized spacial score (nSPS) is 18.0. The average molecular weight is 413 g/mol. The van der Waals surface area contributed by atoms with Crippen LogP contribution in [0.5, 0.6) is 5.75 Å². The number of nitrogens with zero attached hydrogens (tertiary/aromatic N) is 2. The summed E-state index contributed by atoms with van der Waals surface area (Å²) in [5.74, 6) is 1.08. The van der Waals surface area contributed by atoms with Crippen LogP contribution in [0.2, 0.25) is 0 Å². The molecule has 0 spiro atoms. The number of benzene rings is 2. The van der Waals surface area contributed by atoms with Crippen molar-refractivity contribution in [3.63, 3.8) is 0 Å². The number of ether oxygens (including phenoxy) is 1. The Hall–Kier alpha value is -2.31. The molecule has 0 radical (unpaired) electrons. The minimum absolute atomic E-state index is 0.0619. The van der Waals surface area contributed by atoms with Crippen molar-refractivity contribution in [1.82, 2.24) is 8.87 Å². The molecule has 0 unspecified atom stereocenters. The topological polar surface area (TPSA) is 51.5 Å². The summed E-state index contributed by atoms with van der Waals surface area (Å²) in [6.07, 6.45) is 2.91. The standard InChI is InChI=1S/C23H28N2O3S/c1-16(2)28-19-7-10-23-21(13-19)22(18-11-12-24(4)14-18)15-25(23)29(26,27)20-8-5-17(3)6-9-20/h5-10,13,15-16,18H,11-12,14H2,1-4H3/t18-/m0/s1. The fraction of sp³-hybridized carbons (Fsp3) is 0.391. The van der Waals surface area contributed by atoms with Gasteiger partial charge in [0, 0.05) is 18.1 Å². The van der Waals surface area contributed by atoms with Gasteiger partial charge in [0.1, 0.15) is 5.75 Å². The third kappa shape index (κ3) is 3.79. The first kappa shape index (κ1) is 20.0. The van der Waals surface area contributed by atoms with Gasteiger partial charge in [-0.1, -0.05) is 17.7 Å². The van der Waals surface area contributed by atoms with Crippen molar-refractivity contribution in [3.05, 3.63) is 59.8 Å². The second-order valence-corrected chi connectivity index (χ2v) is 10.1. The number of likely N-dealkylation sites (N-methyl/N-ethyl adjacent to an activating group) is 1. The summed E-state index contributed by atoms with van der Waals surface area (Å²) >= 11 is 0. The Balaban J connectivity index is 1.89. The summed E-state index contributed by atoms with van der Waals surface area (Å²) < 4.78 is 34.2. The van der Waals surface area contributed by atoms with Crippen LogP contribution in [0.1, 0.15) is 37.3 Å². The van der Waals surface area contributed by atoms with Crippen LogP contribution in [-0.4, -0.2) is 43.5 Å². The van der Waals surface area contributed by atoms with Crippen molar-refractivity contribution in [3.8, 4) is 5.75 Å². The zero-order valence-corrected chi connectivity index (χ0v) is 18.2. The molecule has 1 aliphatic heterocycles. The summed E-state index contributed by atoms with van der Waals surface area (Å²) in [5, 5.41) is 0.958. The Labute approximate surface area is 173 Å². The fourth-order valence-electron chi connectivity index (χ4n) is 4.09. The monoisotopic (exact) mass is 412 g/mol. The van der Waals surface area contributed by atoms with Gasteiger partial charge >= 0.3 is 0 Å². The van der Waals surface area contributed by atoms with Crippen LogP contribution in [0, 0.1) is 6.92 Å². The molecule has 6 heteroatoms. The molecule has 5 nitrogen and oxygen atoms in total. The number of rotatable bonds is 5. The minimum atomic E-state index is -3.68. The van der Waals surface area contributed by atoms with Gasteiger partial charge < -0.3 is 9.64 Å². The smallest absolute Gasteiger partial charge is 0.268 e. The van der Waals surface area contributed by atoms with E-state index in [9.17, 15) is 8.42 Å². The van der Waals surface area contributed by atoms with Gasteiger partial charge in [0.15, 0.2) is 0 Å². The second-order valence-electron chi connectivity index (χ2n) is 8.29. The Kier molecular flexibility index (Phi) is 5.17. The van der Waals surface area contributed by atoms with Crippen molar-refractivity contribution < 1.29 is 13.2 Å². The van der Waals surface area contributed by atoms with E-state index in [-0.39, 0.29) is 6.10 Å². The quantitative estimate of drug-likeness (QED) is 0.624. The maximum Gasteiger partial charge on any atom is 0.268 e. The van der Waals surface area contributed by atoms with E-state index < -0.39 is 10.0 Å². The van der Waals surface area contributed by atoms with E-state index in [0.29, 0.717) is 16.3 Å². The highest BCUT2D eigenvalue weighted by Crippen LogP contribution is 2.37. The molecule has 0 bridgehead atoms. The number of hydrogen-bond acceptors (Lipinski definition) is 4. The van der Waals surface area contributed by atoms with Gasteiger partial charge in [0.05, 0.1) is 16.5 Å². The predicted molar refractivity (Wildman–Crippen MR) is 116 cm³/mol. The van der Waals surface area contributed by atoms with E-state index in [4.69, 9.17) is 4.74 Å². The highest BCUT2D eigenvalue weighted by molar-refractivity contribution is 7.90. The fourth-order valence-corrected chi connectivity index (χ4v) is 5.46. The van der Waals surface area contributed by atoms with Crippen molar-refractivity contribution in [2.24, 2.45) is 0 Å². The van der Waals surface area contributed by atoms with E-state index >= 15 is 0 Å². The number of aromatic nitrogens is 1. The number of aryl methyl sites for hydroxylation is 1. The molecule has 0 aliphatic carbocycles. The van der Waals surface area contributed by atoms with Crippen LogP contribution in [0.15, 0.2) is 53.6 Å². The molecular formula is C23H28N2O3S. The minimum Gasteiger partial charge on any atom is -0.491 e.